The number of piperidine rings is 1. The van der Waals surface area contributed by atoms with Crippen molar-refractivity contribution in [2.24, 2.45) is 5.92 Å². The summed E-state index contributed by atoms with van der Waals surface area (Å²) in [6, 6.07) is 4.05. The van der Waals surface area contributed by atoms with Gasteiger partial charge in [-0.05, 0) is 30.2 Å². The average molecular weight is 330 g/mol. The van der Waals surface area contributed by atoms with Crippen LogP contribution in [0.15, 0.2) is 17.5 Å². The normalized spacial score (nSPS) is 31.0. The number of fused-ring (bicyclic) bond motifs is 1. The average Bonchev–Trinajstić information content (AvgIpc) is 2.90. The van der Waals surface area contributed by atoms with Crippen LogP contribution in [0.2, 0.25) is 0 Å². The van der Waals surface area contributed by atoms with Gasteiger partial charge >= 0.3 is 0 Å². The lowest BCUT2D eigenvalue weighted by atomic mass is 9.86. The fourth-order valence-corrected chi connectivity index (χ4v) is 4.93. The third kappa shape index (κ3) is 4.04. The first-order valence-corrected chi connectivity index (χ1v) is 10.1. The van der Waals surface area contributed by atoms with Crippen molar-refractivity contribution in [2.75, 3.05) is 26.0 Å². The smallest absolute Gasteiger partial charge is 0.209 e. The monoisotopic (exact) mass is 330 g/mol. The maximum Gasteiger partial charge on any atom is 0.209 e. The van der Waals surface area contributed by atoms with Gasteiger partial charge in [-0.2, -0.15) is 0 Å². The Balaban J connectivity index is 1.73. The molecule has 5 nitrogen and oxygen atoms in total. The van der Waals surface area contributed by atoms with Gasteiger partial charge in [0.2, 0.25) is 10.0 Å². The molecule has 0 aromatic carbocycles. The minimum atomic E-state index is -3.21. The molecule has 1 N–H and O–H groups in total. The van der Waals surface area contributed by atoms with E-state index in [0.717, 1.165) is 32.5 Å². The van der Waals surface area contributed by atoms with Crippen LogP contribution in [0.5, 0.6) is 0 Å². The molecule has 0 radical (unpaired) electrons. The topological polar surface area (TPSA) is 58.6 Å². The van der Waals surface area contributed by atoms with E-state index in [-0.39, 0.29) is 12.1 Å². The minimum Gasteiger partial charge on any atom is -0.376 e. The molecular formula is C14H22N2O3S2. The quantitative estimate of drug-likeness (QED) is 0.903. The first-order valence-electron chi connectivity index (χ1n) is 7.35. The minimum absolute atomic E-state index is 0.0214. The van der Waals surface area contributed by atoms with Crippen LogP contribution in [-0.2, 0) is 21.3 Å². The van der Waals surface area contributed by atoms with E-state index in [4.69, 9.17) is 4.74 Å². The molecule has 2 fully saturated rings. The molecule has 0 saturated carbocycles. The lowest BCUT2D eigenvalue weighted by Crippen LogP contribution is -2.60. The Morgan fingerprint density at radius 1 is 1.48 bits per heavy atom. The van der Waals surface area contributed by atoms with Crippen molar-refractivity contribution in [3.8, 4) is 0 Å². The number of hydrogen-bond donors (Lipinski definition) is 1. The molecule has 1 aromatic heterocycles. The summed E-state index contributed by atoms with van der Waals surface area (Å²) in [4.78, 5) is 3.67. The van der Waals surface area contributed by atoms with Crippen LogP contribution >= 0.6 is 11.3 Å². The van der Waals surface area contributed by atoms with Gasteiger partial charge in [-0.3, -0.25) is 4.90 Å². The molecule has 0 aliphatic carbocycles. The highest BCUT2D eigenvalue weighted by molar-refractivity contribution is 7.88. The second kappa shape index (κ2) is 6.34. The number of nitrogens with one attached hydrogen (secondary N) is 1. The van der Waals surface area contributed by atoms with Crippen LogP contribution in [0.25, 0.3) is 0 Å². The summed E-state index contributed by atoms with van der Waals surface area (Å²) in [5.74, 6) is 0.423. The molecule has 3 heterocycles. The highest BCUT2D eigenvalue weighted by Crippen LogP contribution is 2.30. The van der Waals surface area contributed by atoms with Crippen LogP contribution in [0.1, 0.15) is 17.7 Å². The van der Waals surface area contributed by atoms with Gasteiger partial charge in [-0.1, -0.05) is 6.07 Å². The molecular weight excluding hydrogens is 308 g/mol. The Labute approximate surface area is 130 Å². The highest BCUT2D eigenvalue weighted by atomic mass is 32.2. The molecule has 2 aliphatic heterocycles. The molecule has 3 rings (SSSR count). The van der Waals surface area contributed by atoms with Gasteiger partial charge < -0.3 is 4.74 Å². The number of rotatable bonds is 4. The number of hydrogen-bond acceptors (Lipinski definition) is 5. The molecule has 0 bridgehead atoms. The van der Waals surface area contributed by atoms with E-state index in [1.54, 1.807) is 11.3 Å². The third-order valence-electron chi connectivity index (χ3n) is 4.16. The molecule has 7 heteroatoms. The van der Waals surface area contributed by atoms with Crippen LogP contribution in [-0.4, -0.2) is 51.4 Å². The van der Waals surface area contributed by atoms with Crippen molar-refractivity contribution in [1.29, 1.82) is 0 Å². The molecule has 2 aliphatic rings. The lowest BCUT2D eigenvalue weighted by Gasteiger charge is -2.45. The van der Waals surface area contributed by atoms with Crippen molar-refractivity contribution in [2.45, 2.75) is 31.5 Å². The molecule has 0 spiro atoms. The van der Waals surface area contributed by atoms with E-state index in [0.29, 0.717) is 12.5 Å². The Morgan fingerprint density at radius 3 is 3.05 bits per heavy atom. The van der Waals surface area contributed by atoms with Gasteiger partial charge in [-0.15, -0.1) is 11.3 Å². The van der Waals surface area contributed by atoms with Crippen LogP contribution in [0.4, 0.5) is 0 Å². The number of sulfonamides is 1. The molecule has 3 atom stereocenters. The van der Waals surface area contributed by atoms with E-state index >= 15 is 0 Å². The zero-order chi connectivity index (χ0) is 14.9. The summed E-state index contributed by atoms with van der Waals surface area (Å²) in [6.45, 7) is 3.34. The van der Waals surface area contributed by atoms with E-state index in [9.17, 15) is 8.42 Å². The van der Waals surface area contributed by atoms with E-state index in [2.05, 4.69) is 27.1 Å². The summed E-state index contributed by atoms with van der Waals surface area (Å²) < 4.78 is 31.9. The second-order valence-corrected chi connectivity index (χ2v) is 8.82. The largest absolute Gasteiger partial charge is 0.376 e. The van der Waals surface area contributed by atoms with E-state index < -0.39 is 10.0 Å². The molecule has 118 valence electrons. The first-order chi connectivity index (χ1) is 10.0. The number of likely N-dealkylation sites (tertiary alicyclic amines) is 1. The number of thiophene rings is 1. The molecule has 0 amide bonds. The zero-order valence-corrected chi connectivity index (χ0v) is 13.8. The van der Waals surface area contributed by atoms with Crippen molar-refractivity contribution in [1.82, 2.24) is 9.62 Å². The molecule has 1 aromatic rings. The number of nitrogens with zero attached hydrogens (tertiary/aromatic N) is 1. The Morgan fingerprint density at radius 2 is 2.33 bits per heavy atom. The maximum absolute atomic E-state index is 11.6. The summed E-state index contributed by atoms with van der Waals surface area (Å²) in [5, 5.41) is 2.08. The van der Waals surface area contributed by atoms with Crippen LogP contribution in [0, 0.1) is 5.92 Å². The van der Waals surface area contributed by atoms with Gasteiger partial charge in [-0.25, -0.2) is 13.1 Å². The predicted molar refractivity (Wildman–Crippen MR) is 83.8 cm³/mol. The predicted octanol–water partition coefficient (Wildman–Crippen LogP) is 1.28. The first kappa shape index (κ1) is 15.4. The van der Waals surface area contributed by atoms with Gasteiger partial charge in [0.1, 0.15) is 0 Å². The zero-order valence-electron chi connectivity index (χ0n) is 12.2. The summed E-state index contributed by atoms with van der Waals surface area (Å²) in [5.41, 5.74) is 0. The maximum atomic E-state index is 11.6. The lowest BCUT2D eigenvalue weighted by molar-refractivity contribution is -0.0821. The molecule has 0 unspecified atom stereocenters. The van der Waals surface area contributed by atoms with E-state index in [1.165, 1.54) is 11.1 Å². The van der Waals surface area contributed by atoms with Gasteiger partial charge in [0, 0.05) is 31.1 Å². The Hall–Kier alpha value is -0.470. The van der Waals surface area contributed by atoms with Crippen LogP contribution < -0.4 is 4.72 Å². The summed E-state index contributed by atoms with van der Waals surface area (Å²) >= 11 is 1.75. The highest BCUT2D eigenvalue weighted by Gasteiger charge is 2.40. The van der Waals surface area contributed by atoms with Crippen molar-refractivity contribution in [3.05, 3.63) is 22.4 Å². The van der Waals surface area contributed by atoms with Gasteiger partial charge in [0.05, 0.1) is 18.4 Å². The Kier molecular flexibility index (Phi) is 4.66. The SMILES string of the molecule is CS(=O)(=O)N[C@@H]1CN(Cc2cccs2)C[C@@H]2CCCO[C@@H]21. The van der Waals surface area contributed by atoms with Crippen molar-refractivity contribution < 1.29 is 13.2 Å². The van der Waals surface area contributed by atoms with Gasteiger partial charge in [0.25, 0.3) is 0 Å². The fourth-order valence-electron chi connectivity index (χ4n) is 3.42. The van der Waals surface area contributed by atoms with Crippen LogP contribution in [0.3, 0.4) is 0 Å². The van der Waals surface area contributed by atoms with Gasteiger partial charge in [0.15, 0.2) is 0 Å². The van der Waals surface area contributed by atoms with Crippen molar-refractivity contribution in [3.63, 3.8) is 0 Å². The fraction of sp³-hybridized carbons (Fsp3) is 0.714. The summed E-state index contributed by atoms with van der Waals surface area (Å²) in [7, 11) is -3.21. The molecule has 2 saturated heterocycles. The van der Waals surface area contributed by atoms with Crippen molar-refractivity contribution >= 4 is 21.4 Å². The standard InChI is InChI=1S/C14H22N2O3S2/c1-21(17,18)15-13-10-16(9-12-5-3-7-20-12)8-11-4-2-6-19-14(11)13/h3,5,7,11,13-15H,2,4,6,8-10H2,1H3/t11-,13+,14-/m0/s1. The third-order valence-corrected chi connectivity index (χ3v) is 5.76. The number of ether oxygens (including phenoxy) is 1. The summed E-state index contributed by atoms with van der Waals surface area (Å²) in [6.07, 6.45) is 3.43. The molecule has 21 heavy (non-hydrogen) atoms. The van der Waals surface area contributed by atoms with E-state index in [1.807, 2.05) is 0 Å². The second-order valence-electron chi connectivity index (χ2n) is 6.01. The Bertz CT molecular complexity index is 559.